The number of nitrogens with two attached hydrogens (primary N) is 1. The highest BCUT2D eigenvalue weighted by Gasteiger charge is 2.30. The molecule has 0 radical (unpaired) electrons. The summed E-state index contributed by atoms with van der Waals surface area (Å²) in [7, 11) is 0. The van der Waals surface area contributed by atoms with Gasteiger partial charge in [0.15, 0.2) is 0 Å². The van der Waals surface area contributed by atoms with Gasteiger partial charge >= 0.3 is 0 Å². The molecule has 1 amide bonds. The zero-order valence-corrected chi connectivity index (χ0v) is 11.0. The molecular weight excluding hydrogens is 200 g/mol. The summed E-state index contributed by atoms with van der Waals surface area (Å²) < 4.78 is 0. The Kier molecular flexibility index (Phi) is 4.36. The number of carbonyl (C=O) groups excluding carboxylic acids is 1. The molecular formula is C13H26N2O. The van der Waals surface area contributed by atoms with Gasteiger partial charge in [0.1, 0.15) is 0 Å². The number of amides is 1. The zero-order valence-electron chi connectivity index (χ0n) is 11.0. The third kappa shape index (κ3) is 3.48. The fourth-order valence-electron chi connectivity index (χ4n) is 2.20. The Hall–Kier alpha value is -0.570. The number of carbonyl (C=O) groups is 1. The fraction of sp³-hybridized carbons (Fsp3) is 0.923. The van der Waals surface area contributed by atoms with Crippen LogP contribution in [0.25, 0.3) is 0 Å². The van der Waals surface area contributed by atoms with E-state index in [-0.39, 0.29) is 11.3 Å². The van der Waals surface area contributed by atoms with E-state index in [1.165, 1.54) is 19.3 Å². The topological polar surface area (TPSA) is 55.1 Å². The molecule has 3 heteroatoms. The van der Waals surface area contributed by atoms with Gasteiger partial charge in [0.25, 0.3) is 0 Å². The van der Waals surface area contributed by atoms with Crippen molar-refractivity contribution in [2.24, 2.45) is 17.1 Å². The first-order valence-corrected chi connectivity index (χ1v) is 6.38. The lowest BCUT2D eigenvalue weighted by Crippen LogP contribution is -2.53. The summed E-state index contributed by atoms with van der Waals surface area (Å²) in [5.41, 5.74) is 5.78. The first-order chi connectivity index (χ1) is 7.32. The van der Waals surface area contributed by atoms with E-state index in [2.05, 4.69) is 12.2 Å². The van der Waals surface area contributed by atoms with Crippen molar-refractivity contribution < 1.29 is 4.79 Å². The summed E-state index contributed by atoms with van der Waals surface area (Å²) in [5.74, 6) is 0.594. The van der Waals surface area contributed by atoms with E-state index in [0.717, 1.165) is 6.42 Å². The summed E-state index contributed by atoms with van der Waals surface area (Å²) in [6.45, 7) is 8.22. The molecule has 3 nitrogen and oxygen atoms in total. The molecule has 1 rings (SSSR count). The van der Waals surface area contributed by atoms with Crippen molar-refractivity contribution >= 4 is 5.91 Å². The van der Waals surface area contributed by atoms with Crippen LogP contribution in [0.2, 0.25) is 0 Å². The Bertz CT molecular complexity index is 245. The number of nitrogens with one attached hydrogen (secondary N) is 1. The molecule has 0 bridgehead atoms. The highest BCUT2D eigenvalue weighted by atomic mass is 16.2. The summed E-state index contributed by atoms with van der Waals surface area (Å²) in [5, 5.41) is 3.11. The third-order valence-corrected chi connectivity index (χ3v) is 3.65. The van der Waals surface area contributed by atoms with Crippen LogP contribution < -0.4 is 11.1 Å². The minimum absolute atomic E-state index is 0.00579. The molecule has 0 aromatic heterocycles. The molecule has 3 atom stereocenters. The third-order valence-electron chi connectivity index (χ3n) is 3.65. The van der Waals surface area contributed by atoms with Crippen molar-refractivity contribution in [2.45, 2.75) is 65.5 Å². The van der Waals surface area contributed by atoms with Crippen LogP contribution in [0.3, 0.4) is 0 Å². The monoisotopic (exact) mass is 226 g/mol. The van der Waals surface area contributed by atoms with Gasteiger partial charge in [0, 0.05) is 6.04 Å². The van der Waals surface area contributed by atoms with E-state index >= 15 is 0 Å². The summed E-state index contributed by atoms with van der Waals surface area (Å²) in [6.07, 6.45) is 4.83. The van der Waals surface area contributed by atoms with E-state index in [9.17, 15) is 4.79 Å². The largest absolute Gasteiger partial charge is 0.352 e. The van der Waals surface area contributed by atoms with Crippen molar-refractivity contribution in [1.82, 2.24) is 5.32 Å². The van der Waals surface area contributed by atoms with Crippen molar-refractivity contribution in [3.05, 3.63) is 0 Å². The highest BCUT2D eigenvalue weighted by molar-refractivity contribution is 5.82. The first kappa shape index (κ1) is 13.5. The average molecular weight is 226 g/mol. The maximum atomic E-state index is 12.0. The Labute approximate surface area is 99.2 Å². The van der Waals surface area contributed by atoms with Crippen molar-refractivity contribution in [2.75, 3.05) is 0 Å². The maximum Gasteiger partial charge on any atom is 0.237 e. The van der Waals surface area contributed by atoms with E-state index in [1.54, 1.807) is 0 Å². The zero-order chi connectivity index (χ0) is 12.3. The van der Waals surface area contributed by atoms with Crippen LogP contribution >= 0.6 is 0 Å². The highest BCUT2D eigenvalue weighted by Crippen LogP contribution is 2.24. The number of hydrogen-bond acceptors (Lipinski definition) is 2. The van der Waals surface area contributed by atoms with Crippen LogP contribution in [0.5, 0.6) is 0 Å². The molecule has 94 valence electrons. The molecule has 2 unspecified atom stereocenters. The quantitative estimate of drug-likeness (QED) is 0.757. The van der Waals surface area contributed by atoms with Crippen LogP contribution in [0.4, 0.5) is 0 Å². The van der Waals surface area contributed by atoms with Crippen LogP contribution in [-0.2, 0) is 4.79 Å². The molecule has 1 aliphatic rings. The van der Waals surface area contributed by atoms with Gasteiger partial charge in [0.2, 0.25) is 5.91 Å². The Morgan fingerprint density at radius 3 is 2.38 bits per heavy atom. The number of hydrogen-bond donors (Lipinski definition) is 2. The summed E-state index contributed by atoms with van der Waals surface area (Å²) >= 11 is 0. The van der Waals surface area contributed by atoms with Gasteiger partial charge in [-0.15, -0.1) is 0 Å². The van der Waals surface area contributed by atoms with Gasteiger partial charge in [-0.3, -0.25) is 4.79 Å². The lowest BCUT2D eigenvalue weighted by molar-refractivity contribution is -0.125. The maximum absolute atomic E-state index is 12.0. The van der Waals surface area contributed by atoms with Gasteiger partial charge in [-0.1, -0.05) is 40.5 Å². The molecule has 0 aromatic carbocycles. The lowest BCUT2D eigenvalue weighted by atomic mass is 9.84. The normalized spacial score (nSPS) is 28.6. The summed E-state index contributed by atoms with van der Waals surface area (Å²) in [4.78, 5) is 12.0. The van der Waals surface area contributed by atoms with Crippen molar-refractivity contribution in [3.63, 3.8) is 0 Å². The lowest BCUT2D eigenvalue weighted by Gasteiger charge is -2.33. The second-order valence-electron chi connectivity index (χ2n) is 6.22. The minimum Gasteiger partial charge on any atom is -0.352 e. The van der Waals surface area contributed by atoms with E-state index < -0.39 is 6.04 Å². The molecule has 0 spiro atoms. The van der Waals surface area contributed by atoms with Crippen LogP contribution in [0, 0.1) is 11.3 Å². The SMILES string of the molecule is CC1CCCCC1NC(=O)[C@H](N)C(C)(C)C. The van der Waals surface area contributed by atoms with Crippen LogP contribution in [0.1, 0.15) is 53.4 Å². The Morgan fingerprint density at radius 1 is 1.31 bits per heavy atom. The van der Waals surface area contributed by atoms with Gasteiger partial charge in [-0.25, -0.2) is 0 Å². The van der Waals surface area contributed by atoms with Crippen molar-refractivity contribution in [1.29, 1.82) is 0 Å². The van der Waals surface area contributed by atoms with E-state index in [4.69, 9.17) is 5.73 Å². The van der Waals surface area contributed by atoms with Crippen molar-refractivity contribution in [3.8, 4) is 0 Å². The standard InChI is InChI=1S/C13H26N2O/c1-9-7-5-6-8-10(9)15-12(16)11(14)13(2,3)4/h9-11H,5-8,14H2,1-4H3,(H,15,16)/t9?,10?,11-/m0/s1. The van der Waals surface area contributed by atoms with Crippen LogP contribution in [-0.4, -0.2) is 18.0 Å². The predicted molar refractivity (Wildman–Crippen MR) is 67.0 cm³/mol. The molecule has 16 heavy (non-hydrogen) atoms. The summed E-state index contributed by atoms with van der Waals surface area (Å²) in [6, 6.07) is -0.0868. The van der Waals surface area contributed by atoms with Gasteiger partial charge in [0.05, 0.1) is 6.04 Å². The molecule has 0 aromatic rings. The Morgan fingerprint density at radius 2 is 1.88 bits per heavy atom. The molecule has 3 N–H and O–H groups in total. The molecule has 1 fully saturated rings. The molecule has 0 aliphatic heterocycles. The number of rotatable bonds is 2. The minimum atomic E-state index is -0.415. The smallest absolute Gasteiger partial charge is 0.237 e. The van der Waals surface area contributed by atoms with Gasteiger partial charge in [-0.05, 0) is 24.2 Å². The van der Waals surface area contributed by atoms with E-state index in [0.29, 0.717) is 12.0 Å². The molecule has 0 saturated heterocycles. The second-order valence-corrected chi connectivity index (χ2v) is 6.22. The fourth-order valence-corrected chi connectivity index (χ4v) is 2.20. The molecule has 1 saturated carbocycles. The Balaban J connectivity index is 2.50. The molecule has 1 aliphatic carbocycles. The molecule has 0 heterocycles. The first-order valence-electron chi connectivity index (χ1n) is 6.38. The van der Waals surface area contributed by atoms with Crippen LogP contribution in [0.15, 0.2) is 0 Å². The van der Waals surface area contributed by atoms with E-state index in [1.807, 2.05) is 20.8 Å². The van der Waals surface area contributed by atoms with Gasteiger partial charge in [-0.2, -0.15) is 0 Å². The van der Waals surface area contributed by atoms with Gasteiger partial charge < -0.3 is 11.1 Å². The predicted octanol–water partition coefficient (Wildman–Crippen LogP) is 2.05. The average Bonchev–Trinajstić information content (AvgIpc) is 2.19. The second kappa shape index (κ2) is 5.17.